The summed E-state index contributed by atoms with van der Waals surface area (Å²) in [5.74, 6) is 3.11. The van der Waals surface area contributed by atoms with Gasteiger partial charge >= 0.3 is 0 Å². The van der Waals surface area contributed by atoms with Crippen molar-refractivity contribution in [2.45, 2.75) is 51.5 Å². The second-order valence-electron chi connectivity index (χ2n) is 8.13. The second kappa shape index (κ2) is 7.93. The van der Waals surface area contributed by atoms with Gasteiger partial charge in [-0.1, -0.05) is 44.2 Å². The van der Waals surface area contributed by atoms with Crippen LogP contribution < -0.4 is 5.32 Å². The van der Waals surface area contributed by atoms with Crippen molar-refractivity contribution in [2.75, 3.05) is 26.2 Å². The molecule has 1 N–H and O–H groups in total. The number of likely N-dealkylation sites (tertiary alicyclic amines) is 1. The van der Waals surface area contributed by atoms with Crippen molar-refractivity contribution < 1.29 is 4.42 Å². The molecule has 140 valence electrons. The van der Waals surface area contributed by atoms with Crippen LogP contribution in [0.2, 0.25) is 0 Å². The SMILES string of the molecule is CC(C)c1oc(C2CCCN2CC2CCNCC2)nc1-c1ccccc1. The summed E-state index contributed by atoms with van der Waals surface area (Å²) < 4.78 is 6.37. The van der Waals surface area contributed by atoms with E-state index in [0.29, 0.717) is 12.0 Å². The molecule has 1 aromatic carbocycles. The van der Waals surface area contributed by atoms with Crippen LogP contribution in [0.3, 0.4) is 0 Å². The molecular weight excluding hydrogens is 322 g/mol. The zero-order chi connectivity index (χ0) is 17.9. The molecule has 4 heteroatoms. The number of hydrogen-bond donors (Lipinski definition) is 1. The number of aromatic nitrogens is 1. The maximum absolute atomic E-state index is 6.37. The molecule has 0 amide bonds. The van der Waals surface area contributed by atoms with Crippen molar-refractivity contribution in [2.24, 2.45) is 5.92 Å². The Bertz CT molecular complexity index is 703. The Labute approximate surface area is 157 Å². The molecule has 1 aromatic heterocycles. The molecule has 3 heterocycles. The fourth-order valence-corrected chi connectivity index (χ4v) is 4.41. The molecule has 2 fully saturated rings. The van der Waals surface area contributed by atoms with Gasteiger partial charge in [0, 0.05) is 18.0 Å². The summed E-state index contributed by atoms with van der Waals surface area (Å²) in [5.41, 5.74) is 2.19. The van der Waals surface area contributed by atoms with E-state index in [9.17, 15) is 0 Å². The fourth-order valence-electron chi connectivity index (χ4n) is 4.41. The van der Waals surface area contributed by atoms with Crippen LogP contribution in [0, 0.1) is 5.92 Å². The van der Waals surface area contributed by atoms with E-state index in [4.69, 9.17) is 9.40 Å². The topological polar surface area (TPSA) is 41.3 Å². The minimum absolute atomic E-state index is 0.339. The Balaban J connectivity index is 1.58. The Morgan fingerprint density at radius 1 is 1.15 bits per heavy atom. The van der Waals surface area contributed by atoms with Crippen LogP contribution >= 0.6 is 0 Å². The lowest BCUT2D eigenvalue weighted by atomic mass is 9.97. The second-order valence-corrected chi connectivity index (χ2v) is 8.13. The van der Waals surface area contributed by atoms with Gasteiger partial charge in [-0.05, 0) is 51.2 Å². The first-order valence-corrected chi connectivity index (χ1v) is 10.2. The highest BCUT2D eigenvalue weighted by Crippen LogP contribution is 2.37. The fraction of sp³-hybridized carbons (Fsp3) is 0.591. The number of oxazole rings is 1. The predicted molar refractivity (Wildman–Crippen MR) is 105 cm³/mol. The molecule has 2 saturated heterocycles. The average Bonchev–Trinajstić information content (AvgIpc) is 3.30. The van der Waals surface area contributed by atoms with Crippen LogP contribution in [0.15, 0.2) is 34.7 Å². The van der Waals surface area contributed by atoms with Gasteiger partial charge in [-0.2, -0.15) is 0 Å². The number of rotatable bonds is 5. The van der Waals surface area contributed by atoms with Crippen LogP contribution in [0.25, 0.3) is 11.3 Å². The average molecular weight is 354 g/mol. The lowest BCUT2D eigenvalue weighted by Gasteiger charge is -2.30. The van der Waals surface area contributed by atoms with Gasteiger partial charge in [0.25, 0.3) is 0 Å². The van der Waals surface area contributed by atoms with E-state index >= 15 is 0 Å². The highest BCUT2D eigenvalue weighted by molar-refractivity contribution is 5.61. The summed E-state index contributed by atoms with van der Waals surface area (Å²) in [7, 11) is 0. The molecule has 4 nitrogen and oxygen atoms in total. The van der Waals surface area contributed by atoms with Gasteiger partial charge in [0.15, 0.2) is 0 Å². The first kappa shape index (κ1) is 17.7. The summed E-state index contributed by atoms with van der Waals surface area (Å²) >= 11 is 0. The van der Waals surface area contributed by atoms with Gasteiger partial charge < -0.3 is 9.73 Å². The van der Waals surface area contributed by atoms with Crippen LogP contribution in [-0.4, -0.2) is 36.1 Å². The summed E-state index contributed by atoms with van der Waals surface area (Å²) in [6.07, 6.45) is 5.00. The van der Waals surface area contributed by atoms with Gasteiger partial charge in [-0.15, -0.1) is 0 Å². The molecule has 0 bridgehead atoms. The first-order valence-electron chi connectivity index (χ1n) is 10.2. The van der Waals surface area contributed by atoms with Crippen molar-refractivity contribution in [3.63, 3.8) is 0 Å². The molecule has 4 rings (SSSR count). The quantitative estimate of drug-likeness (QED) is 0.853. The Hall–Kier alpha value is -1.65. The molecule has 0 saturated carbocycles. The van der Waals surface area contributed by atoms with Crippen molar-refractivity contribution in [3.05, 3.63) is 42.0 Å². The molecule has 0 aliphatic carbocycles. The molecule has 0 radical (unpaired) electrons. The lowest BCUT2D eigenvalue weighted by molar-refractivity contribution is 0.171. The monoisotopic (exact) mass is 353 g/mol. The lowest BCUT2D eigenvalue weighted by Crippen LogP contribution is -2.36. The van der Waals surface area contributed by atoms with Crippen LogP contribution in [0.4, 0.5) is 0 Å². The Kier molecular flexibility index (Phi) is 5.41. The molecule has 26 heavy (non-hydrogen) atoms. The minimum Gasteiger partial charge on any atom is -0.443 e. The van der Waals surface area contributed by atoms with Gasteiger partial charge in [0.1, 0.15) is 11.5 Å². The summed E-state index contributed by atoms with van der Waals surface area (Å²) in [6.45, 7) is 9.08. The van der Waals surface area contributed by atoms with E-state index in [2.05, 4.69) is 54.4 Å². The summed E-state index contributed by atoms with van der Waals surface area (Å²) in [4.78, 5) is 7.63. The van der Waals surface area contributed by atoms with E-state index in [1.165, 1.54) is 32.4 Å². The smallest absolute Gasteiger partial charge is 0.212 e. The van der Waals surface area contributed by atoms with Crippen molar-refractivity contribution in [1.82, 2.24) is 15.2 Å². The molecule has 0 spiro atoms. The van der Waals surface area contributed by atoms with Gasteiger partial charge in [0.2, 0.25) is 5.89 Å². The molecule has 2 aliphatic rings. The van der Waals surface area contributed by atoms with Gasteiger partial charge in [-0.3, -0.25) is 4.90 Å². The molecule has 1 atom stereocenters. The third-order valence-corrected chi connectivity index (χ3v) is 5.84. The zero-order valence-electron chi connectivity index (χ0n) is 16.1. The van der Waals surface area contributed by atoms with Crippen LogP contribution in [0.1, 0.15) is 63.1 Å². The normalized spacial score (nSPS) is 22.3. The summed E-state index contributed by atoms with van der Waals surface area (Å²) in [5, 5.41) is 3.47. The van der Waals surface area contributed by atoms with Crippen molar-refractivity contribution in [1.29, 1.82) is 0 Å². The van der Waals surface area contributed by atoms with E-state index < -0.39 is 0 Å². The van der Waals surface area contributed by atoms with Gasteiger partial charge in [-0.25, -0.2) is 4.98 Å². The maximum Gasteiger partial charge on any atom is 0.212 e. The molecule has 2 aromatic rings. The molecule has 2 aliphatic heterocycles. The third-order valence-electron chi connectivity index (χ3n) is 5.84. The minimum atomic E-state index is 0.339. The predicted octanol–water partition coefficient (Wildman–Crippen LogP) is 4.60. The molecular formula is C22H31N3O. The van der Waals surface area contributed by atoms with Crippen molar-refractivity contribution in [3.8, 4) is 11.3 Å². The van der Waals surface area contributed by atoms with E-state index in [-0.39, 0.29) is 0 Å². The van der Waals surface area contributed by atoms with Crippen molar-refractivity contribution >= 4 is 0 Å². The van der Waals surface area contributed by atoms with Gasteiger partial charge in [0.05, 0.1) is 6.04 Å². The first-order chi connectivity index (χ1) is 12.7. The van der Waals surface area contributed by atoms with Crippen LogP contribution in [-0.2, 0) is 0 Å². The Morgan fingerprint density at radius 2 is 1.92 bits per heavy atom. The number of piperidine rings is 1. The number of benzene rings is 1. The zero-order valence-corrected chi connectivity index (χ0v) is 16.1. The largest absolute Gasteiger partial charge is 0.443 e. The summed E-state index contributed by atoms with van der Waals surface area (Å²) in [6, 6.07) is 10.8. The number of nitrogens with zero attached hydrogens (tertiary/aromatic N) is 2. The Morgan fingerprint density at radius 3 is 2.65 bits per heavy atom. The number of hydrogen-bond acceptors (Lipinski definition) is 4. The maximum atomic E-state index is 6.37. The molecule has 1 unspecified atom stereocenters. The number of nitrogens with one attached hydrogen (secondary N) is 1. The van der Waals surface area contributed by atoms with E-state index in [1.807, 2.05) is 0 Å². The van der Waals surface area contributed by atoms with Crippen LogP contribution in [0.5, 0.6) is 0 Å². The third kappa shape index (κ3) is 3.72. The standard InChI is InChI=1S/C22H31N3O/c1-16(2)21-20(18-7-4-3-5-8-18)24-22(26-21)19-9-6-14-25(19)15-17-10-12-23-13-11-17/h3-5,7-8,16-17,19,23H,6,9-15H2,1-2H3. The highest BCUT2D eigenvalue weighted by Gasteiger charge is 2.33. The van der Waals surface area contributed by atoms with E-state index in [1.54, 1.807) is 0 Å². The van der Waals surface area contributed by atoms with E-state index in [0.717, 1.165) is 48.3 Å². The highest BCUT2D eigenvalue weighted by atomic mass is 16.4.